The van der Waals surface area contributed by atoms with Crippen molar-refractivity contribution in [2.45, 2.75) is 63.0 Å². The Labute approximate surface area is 219 Å². The zero-order valence-corrected chi connectivity index (χ0v) is 21.1. The van der Waals surface area contributed by atoms with E-state index < -0.39 is 35.8 Å². The summed E-state index contributed by atoms with van der Waals surface area (Å²) in [6.45, 7) is 3.68. The maximum atomic E-state index is 13.2. The first-order chi connectivity index (χ1) is 18.0. The van der Waals surface area contributed by atoms with E-state index in [0.717, 1.165) is 31.7 Å². The molecule has 10 heteroatoms. The lowest BCUT2D eigenvalue weighted by molar-refractivity contribution is -0.143. The van der Waals surface area contributed by atoms with E-state index in [1.54, 1.807) is 0 Å². The summed E-state index contributed by atoms with van der Waals surface area (Å²) in [5.41, 5.74) is -2.18. The van der Waals surface area contributed by atoms with Gasteiger partial charge in [0.1, 0.15) is 0 Å². The van der Waals surface area contributed by atoms with Crippen LogP contribution in [0.15, 0.2) is 48.5 Å². The molecule has 1 heterocycles. The van der Waals surface area contributed by atoms with Gasteiger partial charge in [-0.3, -0.25) is 14.6 Å². The molecule has 1 unspecified atom stereocenters. The van der Waals surface area contributed by atoms with Crippen LogP contribution in [0.25, 0.3) is 0 Å². The Kier molecular flexibility index (Phi) is 9.03. The first-order valence-corrected chi connectivity index (χ1v) is 13.1. The molecule has 0 bridgehead atoms. The minimum atomic E-state index is -4.95. The van der Waals surface area contributed by atoms with Crippen LogP contribution in [0.5, 0.6) is 0 Å². The Morgan fingerprint density at radius 3 is 1.97 bits per heavy atom. The quantitative estimate of drug-likeness (QED) is 0.432. The maximum Gasteiger partial charge on any atom is 0.416 e. The van der Waals surface area contributed by atoms with Gasteiger partial charge < -0.3 is 5.32 Å². The molecular weight excluding hydrogens is 508 g/mol. The van der Waals surface area contributed by atoms with Crippen molar-refractivity contribution in [3.63, 3.8) is 0 Å². The van der Waals surface area contributed by atoms with E-state index in [1.165, 1.54) is 32.1 Å². The van der Waals surface area contributed by atoms with Crippen molar-refractivity contribution in [1.82, 2.24) is 15.1 Å². The van der Waals surface area contributed by atoms with Crippen LogP contribution >= 0.6 is 0 Å². The molecule has 1 aliphatic heterocycles. The Morgan fingerprint density at radius 2 is 1.42 bits per heavy atom. The molecular formula is C28H33F6N3O. The second-order valence-electron chi connectivity index (χ2n) is 10.2. The number of piperazine rings is 1. The number of halogens is 6. The van der Waals surface area contributed by atoms with Crippen LogP contribution in [0.4, 0.5) is 26.3 Å². The summed E-state index contributed by atoms with van der Waals surface area (Å²) in [6, 6.07) is 11.4. The third-order valence-corrected chi connectivity index (χ3v) is 7.57. The number of nitrogens with zero attached hydrogens (tertiary/aromatic N) is 2. The molecule has 2 aromatic rings. The number of amides is 1. The lowest BCUT2D eigenvalue weighted by atomic mass is 9.93. The van der Waals surface area contributed by atoms with Crippen molar-refractivity contribution in [2.75, 3.05) is 32.7 Å². The summed E-state index contributed by atoms with van der Waals surface area (Å²) in [5, 5.41) is 2.76. The Bertz CT molecular complexity index is 1030. The highest BCUT2D eigenvalue weighted by Crippen LogP contribution is 2.36. The summed E-state index contributed by atoms with van der Waals surface area (Å²) < 4.78 is 79.1. The van der Waals surface area contributed by atoms with Crippen molar-refractivity contribution < 1.29 is 31.1 Å². The zero-order chi connectivity index (χ0) is 27.3. The van der Waals surface area contributed by atoms with E-state index in [9.17, 15) is 31.1 Å². The van der Waals surface area contributed by atoms with Crippen molar-refractivity contribution in [3.8, 4) is 0 Å². The zero-order valence-electron chi connectivity index (χ0n) is 21.1. The molecule has 1 atom stereocenters. The van der Waals surface area contributed by atoms with E-state index in [1.807, 2.05) is 30.3 Å². The van der Waals surface area contributed by atoms with Crippen LogP contribution in [0.3, 0.4) is 0 Å². The van der Waals surface area contributed by atoms with Crippen molar-refractivity contribution >= 4 is 5.91 Å². The molecule has 1 N–H and O–H groups in total. The molecule has 0 spiro atoms. The molecule has 1 amide bonds. The predicted molar refractivity (Wildman–Crippen MR) is 132 cm³/mol. The molecule has 2 fully saturated rings. The van der Waals surface area contributed by atoms with Crippen LogP contribution < -0.4 is 5.32 Å². The van der Waals surface area contributed by atoms with Gasteiger partial charge in [-0.15, -0.1) is 0 Å². The summed E-state index contributed by atoms with van der Waals surface area (Å²) in [5.74, 6) is -0.626. The maximum absolute atomic E-state index is 13.2. The molecule has 1 saturated carbocycles. The van der Waals surface area contributed by atoms with Gasteiger partial charge in [0, 0.05) is 38.8 Å². The molecule has 38 heavy (non-hydrogen) atoms. The second kappa shape index (κ2) is 12.1. The third kappa shape index (κ3) is 7.50. The lowest BCUT2D eigenvalue weighted by Gasteiger charge is -2.43. The fourth-order valence-corrected chi connectivity index (χ4v) is 5.57. The number of benzene rings is 2. The highest BCUT2D eigenvalue weighted by atomic mass is 19.4. The third-order valence-electron chi connectivity index (χ3n) is 7.57. The van der Waals surface area contributed by atoms with E-state index in [0.29, 0.717) is 18.2 Å². The first-order valence-electron chi connectivity index (χ1n) is 13.1. The molecule has 4 rings (SSSR count). The smallest absolute Gasteiger partial charge is 0.354 e. The van der Waals surface area contributed by atoms with E-state index in [-0.39, 0.29) is 24.2 Å². The molecule has 4 nitrogen and oxygen atoms in total. The van der Waals surface area contributed by atoms with E-state index in [2.05, 4.69) is 15.1 Å². The predicted octanol–water partition coefficient (Wildman–Crippen LogP) is 6.07. The van der Waals surface area contributed by atoms with Gasteiger partial charge in [0.25, 0.3) is 0 Å². The summed E-state index contributed by atoms with van der Waals surface area (Å²) in [4.78, 5) is 17.5. The number of carbonyl (C=O) groups is 1. The van der Waals surface area contributed by atoms with Gasteiger partial charge in [0.2, 0.25) is 5.91 Å². The second-order valence-corrected chi connectivity index (χ2v) is 10.2. The van der Waals surface area contributed by atoms with Crippen LogP contribution in [-0.2, 0) is 23.6 Å². The van der Waals surface area contributed by atoms with Gasteiger partial charge in [-0.2, -0.15) is 26.3 Å². The topological polar surface area (TPSA) is 35.6 Å². The fraction of sp³-hybridized carbons (Fsp3) is 0.536. The monoisotopic (exact) mass is 541 g/mol. The van der Waals surface area contributed by atoms with Gasteiger partial charge >= 0.3 is 12.4 Å². The molecule has 1 saturated heterocycles. The molecule has 2 aromatic carbocycles. The lowest BCUT2D eigenvalue weighted by Crippen LogP contribution is -2.53. The van der Waals surface area contributed by atoms with E-state index in [4.69, 9.17) is 0 Å². The molecule has 1 aliphatic carbocycles. The average molecular weight is 542 g/mol. The van der Waals surface area contributed by atoms with Gasteiger partial charge in [-0.05, 0) is 42.2 Å². The average Bonchev–Trinajstić information content (AvgIpc) is 2.89. The molecule has 208 valence electrons. The normalized spacial score (nSPS) is 19.3. The number of hydrogen-bond donors (Lipinski definition) is 1. The summed E-state index contributed by atoms with van der Waals surface area (Å²) >= 11 is 0. The number of nitrogens with one attached hydrogen (secondary N) is 1. The fourth-order valence-electron chi connectivity index (χ4n) is 5.57. The number of hydrogen-bond acceptors (Lipinski definition) is 3. The van der Waals surface area contributed by atoms with Crippen molar-refractivity contribution in [1.29, 1.82) is 0 Å². The minimum Gasteiger partial charge on any atom is -0.354 e. The Hall–Kier alpha value is -2.59. The molecule has 0 aromatic heterocycles. The van der Waals surface area contributed by atoms with Crippen molar-refractivity contribution in [3.05, 3.63) is 70.8 Å². The number of alkyl halides is 6. The van der Waals surface area contributed by atoms with Crippen molar-refractivity contribution in [2.24, 2.45) is 0 Å². The standard InChI is InChI=1S/C28H33F6N3O/c29-27(30,31)22-15-20(16-23(18-22)28(32,33)34)17-26(38)35-19-25(21-7-3-1-4-8-21)37-13-11-36(12-14-37)24-9-5-2-6-10-24/h1,3-4,7-8,15-16,18,24-25H,2,5-6,9-14,17,19H2,(H,35,38). The van der Waals surface area contributed by atoms with E-state index >= 15 is 0 Å². The summed E-state index contributed by atoms with van der Waals surface area (Å²) in [7, 11) is 0. The van der Waals surface area contributed by atoms with Crippen LogP contribution in [0, 0.1) is 0 Å². The SMILES string of the molecule is O=C(Cc1cc(C(F)(F)F)cc(C(F)(F)F)c1)NCC(c1ccccc1)N1CCN(C2CCCCC2)CC1. The van der Waals surface area contributed by atoms with Gasteiger partial charge in [-0.25, -0.2) is 0 Å². The van der Waals surface area contributed by atoms with Gasteiger partial charge in [0.15, 0.2) is 0 Å². The van der Waals surface area contributed by atoms with Gasteiger partial charge in [-0.1, -0.05) is 49.6 Å². The van der Waals surface area contributed by atoms with Gasteiger partial charge in [0.05, 0.1) is 23.6 Å². The Balaban J connectivity index is 1.42. The number of carbonyl (C=O) groups excluding carboxylic acids is 1. The minimum absolute atomic E-state index is 0.0692. The Morgan fingerprint density at radius 1 is 0.842 bits per heavy atom. The van der Waals surface area contributed by atoms with Crippen LogP contribution in [0.1, 0.15) is 60.4 Å². The van der Waals surface area contributed by atoms with Crippen LogP contribution in [0.2, 0.25) is 0 Å². The first kappa shape index (κ1) is 28.4. The largest absolute Gasteiger partial charge is 0.416 e. The highest BCUT2D eigenvalue weighted by Gasteiger charge is 2.37. The molecule has 2 aliphatic rings. The molecule has 0 radical (unpaired) electrons. The van der Waals surface area contributed by atoms with Crippen LogP contribution in [-0.4, -0.2) is 54.5 Å². The number of rotatable bonds is 7. The summed E-state index contributed by atoms with van der Waals surface area (Å²) in [6.07, 6.45) is -4.21. The highest BCUT2D eigenvalue weighted by molar-refractivity contribution is 5.78.